The first-order valence-electron chi connectivity index (χ1n) is 6.83. The topological polar surface area (TPSA) is 79.5 Å². The Labute approximate surface area is 118 Å². The lowest BCUT2D eigenvalue weighted by molar-refractivity contribution is 0.0924. The van der Waals surface area contributed by atoms with Gasteiger partial charge in [-0.3, -0.25) is 4.79 Å². The van der Waals surface area contributed by atoms with Gasteiger partial charge in [0.2, 0.25) is 5.75 Å². The predicted molar refractivity (Wildman–Crippen MR) is 76.5 cm³/mol. The van der Waals surface area contributed by atoms with Crippen molar-refractivity contribution in [2.75, 3.05) is 38.3 Å². The molecule has 0 aromatic carbocycles. The Morgan fingerprint density at radius 1 is 1.65 bits per heavy atom. The molecule has 1 saturated heterocycles. The highest BCUT2D eigenvalue weighted by molar-refractivity contribution is 5.52. The minimum atomic E-state index is -0.264. The molecule has 0 saturated carbocycles. The fourth-order valence-corrected chi connectivity index (χ4v) is 2.24. The number of H-pyrrole nitrogens is 1. The van der Waals surface area contributed by atoms with Gasteiger partial charge < -0.3 is 24.7 Å². The van der Waals surface area contributed by atoms with Gasteiger partial charge in [0.1, 0.15) is 0 Å². The molecule has 1 atom stereocenters. The molecule has 0 bridgehead atoms. The van der Waals surface area contributed by atoms with E-state index in [4.69, 9.17) is 9.47 Å². The zero-order chi connectivity index (χ0) is 14.5. The van der Waals surface area contributed by atoms with Crippen LogP contribution in [0.3, 0.4) is 0 Å². The summed E-state index contributed by atoms with van der Waals surface area (Å²) in [4.78, 5) is 20.7. The van der Waals surface area contributed by atoms with Crippen LogP contribution in [0, 0.1) is 0 Å². The molecule has 7 heteroatoms. The highest BCUT2D eigenvalue weighted by atomic mass is 16.5. The second-order valence-corrected chi connectivity index (χ2v) is 5.07. The van der Waals surface area contributed by atoms with Crippen molar-refractivity contribution in [2.45, 2.75) is 25.9 Å². The Hall–Kier alpha value is -1.60. The molecular weight excluding hydrogens is 260 g/mol. The summed E-state index contributed by atoms with van der Waals surface area (Å²) in [7, 11) is 1.48. The Kier molecular flexibility index (Phi) is 4.97. The number of rotatable bonds is 5. The third kappa shape index (κ3) is 3.29. The summed E-state index contributed by atoms with van der Waals surface area (Å²) in [6, 6.07) is 0.530. The molecule has 112 valence electrons. The normalized spacial score (nSPS) is 19.4. The molecule has 1 aromatic rings. The molecule has 2 heterocycles. The molecule has 1 unspecified atom stereocenters. The van der Waals surface area contributed by atoms with Crippen LogP contribution in [0.2, 0.25) is 0 Å². The van der Waals surface area contributed by atoms with Gasteiger partial charge in [0.25, 0.3) is 5.56 Å². The standard InChI is InChI=1S/C13H22N4O3/c1-9(2)14-6-10-7-20-5-4-17(10)12-11(19-3)13(18)16-8-15-12/h8-10,14H,4-7H2,1-3H3,(H,15,16,18). The average molecular weight is 282 g/mol. The average Bonchev–Trinajstić information content (AvgIpc) is 2.45. The van der Waals surface area contributed by atoms with Crippen LogP contribution in [-0.2, 0) is 4.74 Å². The fraction of sp³-hybridized carbons (Fsp3) is 0.692. The minimum Gasteiger partial charge on any atom is -0.489 e. The van der Waals surface area contributed by atoms with E-state index in [1.165, 1.54) is 13.4 Å². The lowest BCUT2D eigenvalue weighted by Crippen LogP contribution is -2.52. The first kappa shape index (κ1) is 14.8. The number of ether oxygens (including phenoxy) is 2. The SMILES string of the molecule is COc1c(N2CCOCC2CNC(C)C)nc[nH]c1=O. The van der Waals surface area contributed by atoms with E-state index in [2.05, 4.69) is 34.0 Å². The zero-order valence-electron chi connectivity index (χ0n) is 12.2. The molecular formula is C13H22N4O3. The summed E-state index contributed by atoms with van der Waals surface area (Å²) < 4.78 is 10.7. The number of nitrogens with one attached hydrogen (secondary N) is 2. The zero-order valence-corrected chi connectivity index (χ0v) is 12.2. The van der Waals surface area contributed by atoms with Crippen molar-refractivity contribution in [1.29, 1.82) is 0 Å². The van der Waals surface area contributed by atoms with E-state index < -0.39 is 0 Å². The molecule has 1 aliphatic heterocycles. The molecule has 0 radical (unpaired) electrons. The first-order chi connectivity index (χ1) is 9.63. The van der Waals surface area contributed by atoms with Gasteiger partial charge in [0, 0.05) is 19.1 Å². The quantitative estimate of drug-likeness (QED) is 0.790. The molecule has 0 aliphatic carbocycles. The van der Waals surface area contributed by atoms with Crippen molar-refractivity contribution in [3.63, 3.8) is 0 Å². The molecule has 0 spiro atoms. The molecule has 20 heavy (non-hydrogen) atoms. The Balaban J connectivity index is 2.23. The number of aromatic amines is 1. The van der Waals surface area contributed by atoms with Crippen LogP contribution < -0.4 is 20.5 Å². The molecule has 2 rings (SSSR count). The van der Waals surface area contributed by atoms with Crippen LogP contribution in [0.5, 0.6) is 5.75 Å². The molecule has 1 aliphatic rings. The number of anilines is 1. The number of hydrogen-bond acceptors (Lipinski definition) is 6. The van der Waals surface area contributed by atoms with Crippen molar-refractivity contribution < 1.29 is 9.47 Å². The summed E-state index contributed by atoms with van der Waals surface area (Å²) in [6.07, 6.45) is 1.41. The van der Waals surface area contributed by atoms with Crippen molar-refractivity contribution in [3.05, 3.63) is 16.7 Å². The third-order valence-electron chi connectivity index (χ3n) is 3.26. The third-order valence-corrected chi connectivity index (χ3v) is 3.26. The summed E-state index contributed by atoms with van der Waals surface area (Å²) in [5.41, 5.74) is -0.264. The maximum atomic E-state index is 11.8. The number of methoxy groups -OCH3 is 1. The minimum absolute atomic E-state index is 0.134. The molecule has 1 fully saturated rings. The van der Waals surface area contributed by atoms with E-state index in [9.17, 15) is 4.79 Å². The van der Waals surface area contributed by atoms with E-state index in [-0.39, 0.29) is 17.4 Å². The van der Waals surface area contributed by atoms with E-state index in [1.807, 2.05) is 0 Å². The van der Waals surface area contributed by atoms with Gasteiger partial charge >= 0.3 is 0 Å². The Morgan fingerprint density at radius 3 is 3.15 bits per heavy atom. The molecule has 2 N–H and O–H groups in total. The van der Waals surface area contributed by atoms with E-state index in [0.717, 1.165) is 6.54 Å². The Morgan fingerprint density at radius 2 is 2.45 bits per heavy atom. The second kappa shape index (κ2) is 6.71. The van der Waals surface area contributed by atoms with Crippen LogP contribution in [-0.4, -0.2) is 55.5 Å². The maximum Gasteiger partial charge on any atom is 0.295 e. The van der Waals surface area contributed by atoms with Crippen molar-refractivity contribution in [1.82, 2.24) is 15.3 Å². The van der Waals surface area contributed by atoms with Crippen molar-refractivity contribution in [3.8, 4) is 5.75 Å². The number of morpholine rings is 1. The van der Waals surface area contributed by atoms with E-state index >= 15 is 0 Å². The summed E-state index contributed by atoms with van der Waals surface area (Å²) in [6.45, 7) is 6.89. The molecule has 1 aromatic heterocycles. The summed E-state index contributed by atoms with van der Waals surface area (Å²) in [5.74, 6) is 0.832. The number of nitrogens with zero attached hydrogens (tertiary/aromatic N) is 2. The van der Waals surface area contributed by atoms with Crippen molar-refractivity contribution in [2.24, 2.45) is 0 Å². The van der Waals surface area contributed by atoms with Gasteiger partial charge in [-0.05, 0) is 0 Å². The molecule has 7 nitrogen and oxygen atoms in total. The lowest BCUT2D eigenvalue weighted by atomic mass is 10.2. The van der Waals surface area contributed by atoms with Crippen LogP contribution in [0.4, 0.5) is 5.82 Å². The van der Waals surface area contributed by atoms with Gasteiger partial charge in [-0.1, -0.05) is 13.8 Å². The first-order valence-corrected chi connectivity index (χ1v) is 6.83. The summed E-state index contributed by atoms with van der Waals surface area (Å²) in [5, 5.41) is 3.39. The van der Waals surface area contributed by atoms with E-state index in [0.29, 0.717) is 31.6 Å². The van der Waals surface area contributed by atoms with E-state index in [1.54, 1.807) is 0 Å². The predicted octanol–water partition coefficient (Wildman–Crippen LogP) is -0.0183. The van der Waals surface area contributed by atoms with Crippen LogP contribution >= 0.6 is 0 Å². The number of aromatic nitrogens is 2. The Bertz CT molecular complexity index is 489. The fourth-order valence-electron chi connectivity index (χ4n) is 2.24. The van der Waals surface area contributed by atoms with Gasteiger partial charge in [0.15, 0.2) is 5.82 Å². The van der Waals surface area contributed by atoms with Gasteiger partial charge in [0.05, 0.1) is 32.7 Å². The highest BCUT2D eigenvalue weighted by Crippen LogP contribution is 2.24. The molecule has 0 amide bonds. The summed E-state index contributed by atoms with van der Waals surface area (Å²) >= 11 is 0. The van der Waals surface area contributed by atoms with Crippen LogP contribution in [0.15, 0.2) is 11.1 Å². The maximum absolute atomic E-state index is 11.8. The number of hydrogen-bond donors (Lipinski definition) is 2. The van der Waals surface area contributed by atoms with Crippen LogP contribution in [0.1, 0.15) is 13.8 Å². The highest BCUT2D eigenvalue weighted by Gasteiger charge is 2.27. The largest absolute Gasteiger partial charge is 0.489 e. The lowest BCUT2D eigenvalue weighted by Gasteiger charge is -2.37. The van der Waals surface area contributed by atoms with Gasteiger partial charge in [-0.15, -0.1) is 0 Å². The monoisotopic (exact) mass is 282 g/mol. The van der Waals surface area contributed by atoms with Gasteiger partial charge in [-0.2, -0.15) is 0 Å². The van der Waals surface area contributed by atoms with Crippen LogP contribution in [0.25, 0.3) is 0 Å². The smallest absolute Gasteiger partial charge is 0.295 e. The second-order valence-electron chi connectivity index (χ2n) is 5.07. The van der Waals surface area contributed by atoms with Crippen molar-refractivity contribution >= 4 is 5.82 Å². The van der Waals surface area contributed by atoms with Gasteiger partial charge in [-0.25, -0.2) is 4.98 Å².